The second-order valence-electron chi connectivity index (χ2n) is 7.83. The minimum atomic E-state index is -0.373. The summed E-state index contributed by atoms with van der Waals surface area (Å²) in [4.78, 5) is 25.0. The van der Waals surface area contributed by atoms with Crippen LogP contribution in [0.4, 0.5) is 5.69 Å². The van der Waals surface area contributed by atoms with Gasteiger partial charge in [0.05, 0.1) is 22.9 Å². The predicted molar refractivity (Wildman–Crippen MR) is 147 cm³/mol. The van der Waals surface area contributed by atoms with Crippen LogP contribution in [0, 0.1) is 0 Å². The Labute approximate surface area is 224 Å². The molecule has 0 aliphatic carbocycles. The van der Waals surface area contributed by atoms with Crippen LogP contribution in [-0.2, 0) is 4.79 Å². The second kappa shape index (κ2) is 12.3. The topological polar surface area (TPSA) is 89.0 Å². The van der Waals surface area contributed by atoms with E-state index < -0.39 is 0 Å². The normalized spacial score (nSPS) is 10.9. The van der Waals surface area contributed by atoms with E-state index in [0.29, 0.717) is 45.0 Å². The maximum absolute atomic E-state index is 12.7. The molecule has 0 unspecified atom stereocenters. The zero-order valence-electron chi connectivity index (χ0n) is 19.8. The molecule has 0 heterocycles. The minimum Gasteiger partial charge on any atom is -0.490 e. The number of ether oxygens (including phenoxy) is 2. The Morgan fingerprint density at radius 3 is 2.51 bits per heavy atom. The van der Waals surface area contributed by atoms with E-state index in [1.54, 1.807) is 42.5 Å². The first-order valence-electron chi connectivity index (χ1n) is 11.4. The highest BCUT2D eigenvalue weighted by Gasteiger charge is 2.11. The van der Waals surface area contributed by atoms with Crippen LogP contribution in [0.3, 0.4) is 0 Å². The number of amides is 2. The number of rotatable bonds is 9. The van der Waals surface area contributed by atoms with Crippen molar-refractivity contribution in [2.24, 2.45) is 5.10 Å². The van der Waals surface area contributed by atoms with Gasteiger partial charge in [0.15, 0.2) is 18.1 Å². The number of carbonyl (C=O) groups is 2. The number of carbonyl (C=O) groups excluding carboxylic acids is 2. The Hall–Kier alpha value is -4.07. The predicted octanol–water partition coefficient (Wildman–Crippen LogP) is 6.33. The maximum atomic E-state index is 12.7. The number of hydrogen-bond donors (Lipinski definition) is 2. The molecular formula is C28H23Cl2N3O4. The van der Waals surface area contributed by atoms with Gasteiger partial charge in [-0.25, -0.2) is 5.43 Å². The highest BCUT2D eigenvalue weighted by Crippen LogP contribution is 2.28. The molecule has 0 aliphatic rings. The maximum Gasteiger partial charge on any atom is 0.271 e. The van der Waals surface area contributed by atoms with Gasteiger partial charge in [0, 0.05) is 11.3 Å². The van der Waals surface area contributed by atoms with Gasteiger partial charge in [0.2, 0.25) is 0 Å². The molecule has 4 aromatic rings. The van der Waals surface area contributed by atoms with Crippen molar-refractivity contribution < 1.29 is 19.1 Å². The number of halogens is 2. The Kier molecular flexibility index (Phi) is 8.61. The van der Waals surface area contributed by atoms with Gasteiger partial charge >= 0.3 is 0 Å². The van der Waals surface area contributed by atoms with Crippen molar-refractivity contribution >= 4 is 57.7 Å². The third-order valence-corrected chi connectivity index (χ3v) is 5.98. The van der Waals surface area contributed by atoms with Crippen molar-refractivity contribution in [3.63, 3.8) is 0 Å². The Morgan fingerprint density at radius 1 is 0.892 bits per heavy atom. The molecule has 0 bridgehead atoms. The van der Waals surface area contributed by atoms with Crippen LogP contribution in [0.1, 0.15) is 22.8 Å². The second-order valence-corrected chi connectivity index (χ2v) is 8.65. The lowest BCUT2D eigenvalue weighted by Gasteiger charge is -2.13. The third kappa shape index (κ3) is 6.78. The van der Waals surface area contributed by atoms with Crippen molar-refractivity contribution in [2.75, 3.05) is 18.5 Å². The summed E-state index contributed by atoms with van der Waals surface area (Å²) in [5, 5.41) is 9.34. The third-order valence-electron chi connectivity index (χ3n) is 5.24. The molecule has 0 aliphatic heterocycles. The highest BCUT2D eigenvalue weighted by atomic mass is 35.5. The highest BCUT2D eigenvalue weighted by molar-refractivity contribution is 6.42. The molecule has 2 N–H and O–H groups in total. The van der Waals surface area contributed by atoms with Crippen LogP contribution in [0.15, 0.2) is 84.0 Å². The smallest absolute Gasteiger partial charge is 0.271 e. The van der Waals surface area contributed by atoms with E-state index in [4.69, 9.17) is 32.7 Å². The number of hydrazone groups is 1. The molecule has 37 heavy (non-hydrogen) atoms. The van der Waals surface area contributed by atoms with Gasteiger partial charge in [-0.1, -0.05) is 59.6 Å². The van der Waals surface area contributed by atoms with Gasteiger partial charge in [-0.2, -0.15) is 5.10 Å². The SMILES string of the molecule is CCOc1cc(/C=N/NC(=O)c2cccc3ccccc23)ccc1OCC(=O)Nc1ccc(Cl)c(Cl)c1. The number of nitrogens with one attached hydrogen (secondary N) is 2. The van der Waals surface area contributed by atoms with Gasteiger partial charge in [0.1, 0.15) is 0 Å². The zero-order valence-corrected chi connectivity index (χ0v) is 21.3. The van der Waals surface area contributed by atoms with E-state index in [0.717, 1.165) is 10.8 Å². The molecule has 2 amide bonds. The summed E-state index contributed by atoms with van der Waals surface area (Å²) in [6.07, 6.45) is 1.51. The number of nitrogens with zero attached hydrogens (tertiary/aromatic N) is 1. The molecule has 0 atom stereocenters. The monoisotopic (exact) mass is 535 g/mol. The van der Waals surface area contributed by atoms with Crippen LogP contribution < -0.4 is 20.2 Å². The number of benzene rings is 4. The first kappa shape index (κ1) is 26.0. The molecule has 0 saturated heterocycles. The molecule has 0 spiro atoms. The lowest BCUT2D eigenvalue weighted by molar-refractivity contribution is -0.118. The van der Waals surface area contributed by atoms with Crippen molar-refractivity contribution in [1.29, 1.82) is 0 Å². The molecule has 4 aromatic carbocycles. The summed E-state index contributed by atoms with van der Waals surface area (Å²) in [6, 6.07) is 23.1. The van der Waals surface area contributed by atoms with E-state index >= 15 is 0 Å². The first-order chi connectivity index (χ1) is 17.9. The molecule has 0 radical (unpaired) electrons. The van der Waals surface area contributed by atoms with Crippen LogP contribution in [-0.4, -0.2) is 31.2 Å². The lowest BCUT2D eigenvalue weighted by Crippen LogP contribution is -2.20. The van der Waals surface area contributed by atoms with Crippen LogP contribution in [0.5, 0.6) is 11.5 Å². The molecule has 4 rings (SSSR count). The summed E-state index contributed by atoms with van der Waals surface area (Å²) < 4.78 is 11.3. The number of fused-ring (bicyclic) bond motifs is 1. The van der Waals surface area contributed by atoms with Gasteiger partial charge < -0.3 is 14.8 Å². The van der Waals surface area contributed by atoms with E-state index in [-0.39, 0.29) is 18.4 Å². The Morgan fingerprint density at radius 2 is 1.70 bits per heavy atom. The van der Waals surface area contributed by atoms with Crippen molar-refractivity contribution in [3.8, 4) is 11.5 Å². The number of hydrogen-bond acceptors (Lipinski definition) is 5. The van der Waals surface area contributed by atoms with Crippen molar-refractivity contribution in [1.82, 2.24) is 5.43 Å². The lowest BCUT2D eigenvalue weighted by atomic mass is 10.0. The van der Waals surface area contributed by atoms with Crippen LogP contribution in [0.2, 0.25) is 10.0 Å². The summed E-state index contributed by atoms with van der Waals surface area (Å²) in [6.45, 7) is 1.99. The summed E-state index contributed by atoms with van der Waals surface area (Å²) >= 11 is 11.9. The van der Waals surface area contributed by atoms with Gasteiger partial charge in [-0.15, -0.1) is 0 Å². The van der Waals surface area contributed by atoms with Crippen molar-refractivity contribution in [2.45, 2.75) is 6.92 Å². The fourth-order valence-corrected chi connectivity index (χ4v) is 3.85. The molecule has 0 saturated carbocycles. The van der Waals surface area contributed by atoms with Crippen molar-refractivity contribution in [3.05, 3.63) is 100 Å². The van der Waals surface area contributed by atoms with E-state index in [1.807, 2.05) is 43.3 Å². The molecule has 188 valence electrons. The molecule has 7 nitrogen and oxygen atoms in total. The van der Waals surface area contributed by atoms with E-state index in [2.05, 4.69) is 15.8 Å². The molecule has 0 fully saturated rings. The first-order valence-corrected chi connectivity index (χ1v) is 12.2. The summed E-state index contributed by atoms with van der Waals surface area (Å²) in [5.41, 5.74) is 4.28. The van der Waals surface area contributed by atoms with Gasteiger partial charge in [-0.3, -0.25) is 9.59 Å². The van der Waals surface area contributed by atoms with Gasteiger partial charge in [-0.05, 0) is 65.7 Å². The fraction of sp³-hybridized carbons (Fsp3) is 0.107. The van der Waals surface area contributed by atoms with Gasteiger partial charge in [0.25, 0.3) is 11.8 Å². The minimum absolute atomic E-state index is 0.241. The Bertz CT molecular complexity index is 1470. The molecular weight excluding hydrogens is 513 g/mol. The van der Waals surface area contributed by atoms with E-state index in [9.17, 15) is 9.59 Å². The summed E-state index contributed by atoms with van der Waals surface area (Å²) in [7, 11) is 0. The number of anilines is 1. The zero-order chi connectivity index (χ0) is 26.2. The summed E-state index contributed by atoms with van der Waals surface area (Å²) in [5.74, 6) is 0.144. The molecule has 0 aromatic heterocycles. The average Bonchev–Trinajstić information content (AvgIpc) is 2.90. The fourth-order valence-electron chi connectivity index (χ4n) is 3.56. The average molecular weight is 536 g/mol. The molecule has 9 heteroatoms. The van der Waals surface area contributed by atoms with E-state index in [1.165, 1.54) is 6.21 Å². The van der Waals surface area contributed by atoms with Crippen LogP contribution in [0.25, 0.3) is 10.8 Å². The largest absolute Gasteiger partial charge is 0.490 e. The standard InChI is InChI=1S/C28H23Cl2N3O4/c1-2-36-26-14-18(16-31-33-28(35)22-9-5-7-19-6-3-4-8-21(19)22)10-13-25(26)37-17-27(34)32-20-11-12-23(29)24(30)15-20/h3-16H,2,17H2,1H3,(H,32,34)(H,33,35)/b31-16+. The quantitative estimate of drug-likeness (QED) is 0.193. The van der Waals surface area contributed by atoms with Crippen LogP contribution >= 0.6 is 23.2 Å². The Balaban J connectivity index is 1.39.